The largest absolute Gasteiger partial charge is 0.530 e. The lowest BCUT2D eigenvalue weighted by Gasteiger charge is -2.28. The quantitative estimate of drug-likeness (QED) is 0.270. The lowest BCUT2D eigenvalue weighted by atomic mass is 10.1. The molecule has 4 aromatic rings. The Kier molecular flexibility index (Phi) is 8.32. The maximum absolute atomic E-state index is 15.0. The van der Waals surface area contributed by atoms with Crippen LogP contribution in [0.5, 0.6) is 5.75 Å². The number of primary amides is 1. The number of carbonyl (C=O) groups is 2. The van der Waals surface area contributed by atoms with Crippen molar-refractivity contribution in [1.82, 2.24) is 19.4 Å². The minimum absolute atomic E-state index is 0.0174. The summed E-state index contributed by atoms with van der Waals surface area (Å²) in [5, 5.41) is 12.0. The predicted octanol–water partition coefficient (Wildman–Crippen LogP) is 4.20. The van der Waals surface area contributed by atoms with Gasteiger partial charge in [0.05, 0.1) is 18.7 Å². The van der Waals surface area contributed by atoms with Gasteiger partial charge in [0, 0.05) is 25.0 Å². The van der Waals surface area contributed by atoms with Crippen LogP contribution in [0.4, 0.5) is 26.7 Å². The van der Waals surface area contributed by atoms with E-state index < -0.39 is 59.3 Å². The summed E-state index contributed by atoms with van der Waals surface area (Å²) >= 11 is 3.13. The molecule has 1 unspecified atom stereocenters. The average Bonchev–Trinajstić information content (AvgIpc) is 3.48. The van der Waals surface area contributed by atoms with Gasteiger partial charge in [0.2, 0.25) is 5.89 Å². The Morgan fingerprint density at radius 3 is 2.44 bits per heavy atom. The molecule has 2 aromatic heterocycles. The summed E-state index contributed by atoms with van der Waals surface area (Å²) in [6, 6.07) is 5.50. The van der Waals surface area contributed by atoms with Gasteiger partial charge in [-0.2, -0.15) is 13.2 Å². The molecule has 10 nitrogen and oxygen atoms in total. The molecule has 0 saturated heterocycles. The van der Waals surface area contributed by atoms with Crippen molar-refractivity contribution in [2.45, 2.75) is 18.8 Å². The number of rotatable bonds is 9. The van der Waals surface area contributed by atoms with Gasteiger partial charge in [0.15, 0.2) is 22.3 Å². The zero-order chi connectivity index (χ0) is 30.1. The van der Waals surface area contributed by atoms with Crippen LogP contribution in [0.3, 0.4) is 0 Å². The highest BCUT2D eigenvalue weighted by atomic mass is 79.9. The first kappa shape index (κ1) is 29.5. The predicted molar refractivity (Wildman–Crippen MR) is 132 cm³/mol. The fraction of sp³-hybridized carbons (Fsp3) is 0.200. The fourth-order valence-electron chi connectivity index (χ4n) is 3.74. The van der Waals surface area contributed by atoms with Gasteiger partial charge in [0.25, 0.3) is 5.91 Å². The van der Waals surface area contributed by atoms with Gasteiger partial charge >= 0.3 is 6.18 Å². The zero-order valence-corrected chi connectivity index (χ0v) is 22.4. The van der Waals surface area contributed by atoms with E-state index in [1.54, 1.807) is 13.2 Å². The number of carboxylic acid groups (broad SMARTS) is 1. The number of oxazole rings is 1. The van der Waals surface area contributed by atoms with Crippen LogP contribution in [-0.4, -0.2) is 38.0 Å². The smallest absolute Gasteiger partial charge is 0.416 e. The standard InChI is InChI=1S/C25H19BrF5N5O5/c1-35-9-8-33-17(35)11-36(24(38)39)10-16(40-15-7-6-14(27)18(19(15)28)22(32)37)23-34-20(21(26)41-23)12-2-4-13(5-3-12)25(29,30)31/h2-9,16H,10-11H2,1H3,(H2,32,37)(H,38,39)/p-1. The minimum atomic E-state index is -4.58. The summed E-state index contributed by atoms with van der Waals surface area (Å²) in [6.07, 6.45) is -4.80. The Bertz CT molecular complexity index is 1590. The third-order valence-corrected chi connectivity index (χ3v) is 6.37. The van der Waals surface area contributed by atoms with Crippen LogP contribution >= 0.6 is 15.9 Å². The Balaban J connectivity index is 1.74. The molecule has 0 bridgehead atoms. The third kappa shape index (κ3) is 6.48. The van der Waals surface area contributed by atoms with Crippen LogP contribution in [0.2, 0.25) is 0 Å². The Hall–Kier alpha value is -4.47. The van der Waals surface area contributed by atoms with E-state index in [9.17, 15) is 32.3 Å². The van der Waals surface area contributed by atoms with Gasteiger partial charge in [-0.05, 0) is 40.2 Å². The molecule has 2 amide bonds. The molecule has 0 fully saturated rings. The number of benzene rings is 2. The number of aromatic nitrogens is 3. The molecule has 2 heterocycles. The molecule has 0 radical (unpaired) electrons. The first-order valence-electron chi connectivity index (χ1n) is 11.5. The highest BCUT2D eigenvalue weighted by molar-refractivity contribution is 9.10. The van der Waals surface area contributed by atoms with E-state index in [4.69, 9.17) is 14.9 Å². The van der Waals surface area contributed by atoms with Crippen molar-refractivity contribution in [3.8, 4) is 17.0 Å². The first-order chi connectivity index (χ1) is 19.3. The molecule has 2 N–H and O–H groups in total. The monoisotopic (exact) mass is 642 g/mol. The molecule has 41 heavy (non-hydrogen) atoms. The van der Waals surface area contributed by atoms with Gasteiger partial charge < -0.3 is 34.3 Å². The molecule has 216 valence electrons. The van der Waals surface area contributed by atoms with Crippen LogP contribution in [0.15, 0.2) is 57.9 Å². The van der Waals surface area contributed by atoms with Crippen LogP contribution in [0.1, 0.15) is 33.7 Å². The molecule has 0 aliphatic rings. The lowest BCUT2D eigenvalue weighted by molar-refractivity contribution is -0.267. The molecule has 0 spiro atoms. The molecular formula is C25H18BrF5N5O5-. The van der Waals surface area contributed by atoms with E-state index in [0.717, 1.165) is 41.3 Å². The SMILES string of the molecule is Cn1ccnc1CN(CC(Oc1ccc(F)c(C(N)=O)c1F)c1nc(-c2ccc(C(F)(F)F)cc2)c(Br)o1)C(=O)[O-]. The molecule has 16 heteroatoms. The van der Waals surface area contributed by atoms with Crippen molar-refractivity contribution in [3.63, 3.8) is 0 Å². The van der Waals surface area contributed by atoms with Crippen molar-refractivity contribution in [3.05, 3.63) is 87.9 Å². The molecule has 2 aromatic carbocycles. The number of carbonyl (C=O) groups excluding carboxylic acids is 2. The highest BCUT2D eigenvalue weighted by Crippen LogP contribution is 2.36. The van der Waals surface area contributed by atoms with E-state index in [1.165, 1.54) is 10.8 Å². The van der Waals surface area contributed by atoms with E-state index in [-0.39, 0.29) is 28.4 Å². The van der Waals surface area contributed by atoms with Gasteiger partial charge in [-0.3, -0.25) is 4.79 Å². The second kappa shape index (κ2) is 11.6. The van der Waals surface area contributed by atoms with E-state index in [1.807, 2.05) is 0 Å². The molecule has 1 atom stereocenters. The van der Waals surface area contributed by atoms with Gasteiger partial charge in [-0.1, -0.05) is 12.1 Å². The van der Waals surface area contributed by atoms with Crippen LogP contribution in [0, 0.1) is 11.6 Å². The fourth-order valence-corrected chi connectivity index (χ4v) is 4.23. The maximum atomic E-state index is 15.0. The van der Waals surface area contributed by atoms with Crippen molar-refractivity contribution < 1.29 is 45.8 Å². The van der Waals surface area contributed by atoms with Crippen LogP contribution in [-0.2, 0) is 19.8 Å². The summed E-state index contributed by atoms with van der Waals surface area (Å²) < 4.78 is 80.8. The molecular weight excluding hydrogens is 625 g/mol. The number of nitrogens with two attached hydrogens (primary N) is 1. The Morgan fingerprint density at radius 2 is 1.88 bits per heavy atom. The van der Waals surface area contributed by atoms with Crippen molar-refractivity contribution in [2.24, 2.45) is 12.8 Å². The number of nitrogens with zero attached hydrogens (tertiary/aromatic N) is 4. The summed E-state index contributed by atoms with van der Waals surface area (Å²) in [5.74, 6) is -4.87. The lowest BCUT2D eigenvalue weighted by Crippen LogP contribution is -2.44. The molecule has 0 saturated carbocycles. The highest BCUT2D eigenvalue weighted by Gasteiger charge is 2.31. The number of halogens is 6. The number of amides is 2. The van der Waals surface area contributed by atoms with Crippen molar-refractivity contribution in [1.29, 1.82) is 0 Å². The number of hydrogen-bond acceptors (Lipinski definition) is 7. The molecule has 0 aliphatic carbocycles. The zero-order valence-electron chi connectivity index (χ0n) is 20.8. The number of alkyl halides is 3. The maximum Gasteiger partial charge on any atom is 0.416 e. The Labute approximate surface area is 236 Å². The number of ether oxygens (including phenoxy) is 1. The van der Waals surface area contributed by atoms with Gasteiger partial charge in [-0.25, -0.2) is 18.7 Å². The number of imidazole rings is 1. The van der Waals surface area contributed by atoms with Gasteiger partial charge in [-0.15, -0.1) is 0 Å². The van der Waals surface area contributed by atoms with E-state index >= 15 is 4.39 Å². The minimum Gasteiger partial charge on any atom is -0.530 e. The molecule has 0 aliphatic heterocycles. The second-order valence-corrected chi connectivity index (χ2v) is 9.28. The summed E-state index contributed by atoms with van der Waals surface area (Å²) in [5.41, 5.74) is 3.28. The van der Waals surface area contributed by atoms with Crippen molar-refractivity contribution in [2.75, 3.05) is 6.54 Å². The van der Waals surface area contributed by atoms with Gasteiger partial charge in [0.1, 0.15) is 29.0 Å². The number of hydrogen-bond donors (Lipinski definition) is 1. The summed E-state index contributed by atoms with van der Waals surface area (Å²) in [4.78, 5) is 32.6. The van der Waals surface area contributed by atoms with Crippen LogP contribution in [0.25, 0.3) is 11.3 Å². The van der Waals surface area contributed by atoms with E-state index in [0.29, 0.717) is 5.82 Å². The van der Waals surface area contributed by atoms with E-state index in [2.05, 4.69) is 25.9 Å². The van der Waals surface area contributed by atoms with Crippen molar-refractivity contribution >= 4 is 27.9 Å². The Morgan fingerprint density at radius 1 is 1.20 bits per heavy atom. The normalized spacial score (nSPS) is 12.3. The average molecular weight is 643 g/mol. The summed E-state index contributed by atoms with van der Waals surface area (Å²) in [6.45, 7) is -0.908. The number of aryl methyl sites for hydroxylation is 1. The molecule has 4 rings (SSSR count). The first-order valence-corrected chi connectivity index (χ1v) is 12.3. The second-order valence-electron chi connectivity index (χ2n) is 8.56. The topological polar surface area (TPSA) is 140 Å². The third-order valence-electron chi connectivity index (χ3n) is 5.83. The van der Waals surface area contributed by atoms with Crippen LogP contribution < -0.4 is 15.6 Å². The summed E-state index contributed by atoms with van der Waals surface area (Å²) in [7, 11) is 1.62.